The average molecular weight is 415 g/mol. The van der Waals surface area contributed by atoms with Crippen molar-refractivity contribution in [1.82, 2.24) is 9.88 Å². The molecule has 0 spiro atoms. The summed E-state index contributed by atoms with van der Waals surface area (Å²) in [5.74, 6) is -0.891. The number of nitrogens with zero attached hydrogens (tertiary/aromatic N) is 3. The van der Waals surface area contributed by atoms with Crippen molar-refractivity contribution in [3.05, 3.63) is 29.5 Å². The smallest absolute Gasteiger partial charge is 0.419 e. The average Bonchev–Trinajstić information content (AvgIpc) is 2.64. The van der Waals surface area contributed by atoms with E-state index in [1.165, 1.54) is 29.2 Å². The van der Waals surface area contributed by atoms with Gasteiger partial charge in [0, 0.05) is 38.5 Å². The van der Waals surface area contributed by atoms with Crippen LogP contribution < -0.4 is 4.90 Å². The molecular formula is C19H24F3N3O4. The SMILES string of the molecule is COC(=O)C=Cc1cnc(N2CCN(C(=O)OC(C)(C)C)CC2)c(C(F)(F)F)c1. The number of hydrogen-bond donors (Lipinski definition) is 0. The molecule has 0 saturated carbocycles. The second kappa shape index (κ2) is 8.71. The number of pyridine rings is 1. The maximum absolute atomic E-state index is 13.6. The molecule has 0 atom stereocenters. The van der Waals surface area contributed by atoms with Gasteiger partial charge in [-0.1, -0.05) is 0 Å². The van der Waals surface area contributed by atoms with Gasteiger partial charge in [-0.15, -0.1) is 0 Å². The van der Waals surface area contributed by atoms with E-state index in [1.54, 1.807) is 20.8 Å². The molecule has 160 valence electrons. The maximum atomic E-state index is 13.6. The van der Waals surface area contributed by atoms with Gasteiger partial charge in [0.2, 0.25) is 0 Å². The number of hydrogen-bond acceptors (Lipinski definition) is 6. The van der Waals surface area contributed by atoms with Gasteiger partial charge in [-0.05, 0) is 38.5 Å². The zero-order chi connectivity index (χ0) is 21.8. The summed E-state index contributed by atoms with van der Waals surface area (Å²) in [5, 5.41) is 0. The van der Waals surface area contributed by atoms with E-state index >= 15 is 0 Å². The lowest BCUT2D eigenvalue weighted by molar-refractivity contribution is -0.137. The van der Waals surface area contributed by atoms with Gasteiger partial charge >= 0.3 is 18.2 Å². The van der Waals surface area contributed by atoms with E-state index in [2.05, 4.69) is 9.72 Å². The summed E-state index contributed by atoms with van der Waals surface area (Å²) in [5.41, 5.74) is -1.43. The Labute approximate surface area is 167 Å². The highest BCUT2D eigenvalue weighted by Gasteiger charge is 2.37. The molecule has 0 N–H and O–H groups in total. The van der Waals surface area contributed by atoms with Crippen LogP contribution in [-0.4, -0.2) is 60.8 Å². The Bertz CT molecular complexity index is 780. The molecule has 29 heavy (non-hydrogen) atoms. The van der Waals surface area contributed by atoms with Crippen LogP contribution in [0.3, 0.4) is 0 Å². The van der Waals surface area contributed by atoms with Crippen molar-refractivity contribution < 1.29 is 32.2 Å². The minimum absolute atomic E-state index is 0.124. The minimum atomic E-state index is -4.63. The first-order valence-electron chi connectivity index (χ1n) is 8.97. The maximum Gasteiger partial charge on any atom is 0.419 e. The summed E-state index contributed by atoms with van der Waals surface area (Å²) in [4.78, 5) is 30.2. The van der Waals surface area contributed by atoms with Crippen LogP contribution in [0.2, 0.25) is 0 Å². The van der Waals surface area contributed by atoms with Crippen LogP contribution in [0.4, 0.5) is 23.8 Å². The largest absolute Gasteiger partial charge is 0.466 e. The van der Waals surface area contributed by atoms with Crippen molar-refractivity contribution in [2.24, 2.45) is 0 Å². The summed E-state index contributed by atoms with van der Waals surface area (Å²) in [6, 6.07) is 0.933. The first kappa shape index (κ1) is 22.5. The summed E-state index contributed by atoms with van der Waals surface area (Å²) < 4.78 is 50.4. The number of alkyl halides is 3. The Hall–Kier alpha value is -2.78. The fourth-order valence-corrected chi connectivity index (χ4v) is 2.69. The number of piperazine rings is 1. The number of rotatable bonds is 3. The number of amides is 1. The van der Waals surface area contributed by atoms with Gasteiger partial charge < -0.3 is 19.3 Å². The molecule has 0 aliphatic carbocycles. The fraction of sp³-hybridized carbons (Fsp3) is 0.526. The molecule has 0 aromatic carbocycles. The Balaban J connectivity index is 2.17. The number of carbonyl (C=O) groups excluding carboxylic acids is 2. The molecular weight excluding hydrogens is 391 g/mol. The summed E-state index contributed by atoms with van der Waals surface area (Å²) >= 11 is 0. The first-order valence-corrected chi connectivity index (χ1v) is 8.97. The van der Waals surface area contributed by atoms with Gasteiger partial charge in [0.25, 0.3) is 0 Å². The van der Waals surface area contributed by atoms with Crippen LogP contribution in [0, 0.1) is 0 Å². The lowest BCUT2D eigenvalue weighted by Gasteiger charge is -2.37. The number of ether oxygens (including phenoxy) is 2. The highest BCUT2D eigenvalue weighted by Crippen LogP contribution is 2.36. The molecule has 2 rings (SSSR count). The van der Waals surface area contributed by atoms with Crippen LogP contribution >= 0.6 is 0 Å². The van der Waals surface area contributed by atoms with Crippen molar-refractivity contribution in [3.63, 3.8) is 0 Å². The normalized spacial score (nSPS) is 15.6. The summed E-state index contributed by atoms with van der Waals surface area (Å²) in [6.45, 7) is 6.06. The molecule has 0 radical (unpaired) electrons. The Morgan fingerprint density at radius 2 is 1.76 bits per heavy atom. The van der Waals surface area contributed by atoms with E-state index in [9.17, 15) is 22.8 Å². The molecule has 0 bridgehead atoms. The molecule has 1 fully saturated rings. The molecule has 1 amide bonds. The van der Waals surface area contributed by atoms with Gasteiger partial charge in [0.05, 0.1) is 12.7 Å². The highest BCUT2D eigenvalue weighted by atomic mass is 19.4. The number of carbonyl (C=O) groups is 2. The Morgan fingerprint density at radius 1 is 1.14 bits per heavy atom. The molecule has 10 heteroatoms. The number of aromatic nitrogens is 1. The number of anilines is 1. The number of esters is 1. The van der Waals surface area contributed by atoms with Crippen molar-refractivity contribution in [1.29, 1.82) is 0 Å². The van der Waals surface area contributed by atoms with E-state index in [4.69, 9.17) is 4.74 Å². The van der Waals surface area contributed by atoms with E-state index in [0.29, 0.717) is 0 Å². The highest BCUT2D eigenvalue weighted by molar-refractivity contribution is 5.87. The van der Waals surface area contributed by atoms with Gasteiger partial charge in [-0.3, -0.25) is 0 Å². The molecule has 0 unspecified atom stereocenters. The monoisotopic (exact) mass is 415 g/mol. The molecule has 2 heterocycles. The number of methoxy groups -OCH3 is 1. The van der Waals surface area contributed by atoms with E-state index in [1.807, 2.05) is 0 Å². The van der Waals surface area contributed by atoms with Crippen LogP contribution in [0.25, 0.3) is 6.08 Å². The Morgan fingerprint density at radius 3 is 2.28 bits per heavy atom. The van der Waals surface area contributed by atoms with Crippen LogP contribution in [0.15, 0.2) is 18.3 Å². The van der Waals surface area contributed by atoms with Crippen molar-refractivity contribution >= 4 is 24.0 Å². The molecule has 1 saturated heterocycles. The van der Waals surface area contributed by atoms with E-state index in [0.717, 1.165) is 12.1 Å². The minimum Gasteiger partial charge on any atom is -0.466 e. The van der Waals surface area contributed by atoms with E-state index < -0.39 is 29.4 Å². The van der Waals surface area contributed by atoms with Crippen molar-refractivity contribution in [2.45, 2.75) is 32.5 Å². The molecule has 1 aromatic heterocycles. The zero-order valence-corrected chi connectivity index (χ0v) is 16.7. The van der Waals surface area contributed by atoms with Crippen LogP contribution in [0.1, 0.15) is 31.9 Å². The van der Waals surface area contributed by atoms with Gasteiger partial charge in [-0.25, -0.2) is 14.6 Å². The summed E-state index contributed by atoms with van der Waals surface area (Å²) in [7, 11) is 1.17. The molecule has 1 aliphatic rings. The van der Waals surface area contributed by atoms with Gasteiger partial charge in [-0.2, -0.15) is 13.2 Å². The van der Waals surface area contributed by atoms with Crippen molar-refractivity contribution in [2.75, 3.05) is 38.2 Å². The predicted molar refractivity (Wildman–Crippen MR) is 100 cm³/mol. The lowest BCUT2D eigenvalue weighted by Crippen LogP contribution is -2.50. The van der Waals surface area contributed by atoms with Crippen LogP contribution in [-0.2, 0) is 20.4 Å². The van der Waals surface area contributed by atoms with E-state index in [-0.39, 0.29) is 37.6 Å². The van der Waals surface area contributed by atoms with Crippen LogP contribution in [0.5, 0.6) is 0 Å². The van der Waals surface area contributed by atoms with Gasteiger partial charge in [0.15, 0.2) is 0 Å². The first-order chi connectivity index (χ1) is 13.4. The topological polar surface area (TPSA) is 72.0 Å². The zero-order valence-electron chi connectivity index (χ0n) is 16.7. The second-order valence-electron chi connectivity index (χ2n) is 7.45. The Kier molecular flexibility index (Phi) is 6.76. The molecule has 7 nitrogen and oxygen atoms in total. The third kappa shape index (κ3) is 6.37. The predicted octanol–water partition coefficient (Wildman–Crippen LogP) is 3.34. The standard InChI is InChI=1S/C19H24F3N3O4/c1-18(2,3)29-17(27)25-9-7-24(8-10-25)16-14(19(20,21)22)11-13(12-23-16)5-6-15(26)28-4/h5-6,11-12H,7-10H2,1-4H3. The van der Waals surface area contributed by atoms with Gasteiger partial charge in [0.1, 0.15) is 11.4 Å². The number of halogens is 3. The fourth-order valence-electron chi connectivity index (χ4n) is 2.69. The third-order valence-corrected chi connectivity index (χ3v) is 4.04. The lowest BCUT2D eigenvalue weighted by atomic mass is 10.1. The quantitative estimate of drug-likeness (QED) is 0.557. The molecule has 1 aromatic rings. The van der Waals surface area contributed by atoms with Crippen molar-refractivity contribution in [3.8, 4) is 0 Å². The third-order valence-electron chi connectivity index (χ3n) is 4.04. The molecule has 1 aliphatic heterocycles. The summed E-state index contributed by atoms with van der Waals surface area (Å²) in [6.07, 6.45) is -1.64. The second-order valence-corrected chi connectivity index (χ2v) is 7.45.